The van der Waals surface area contributed by atoms with Crippen molar-refractivity contribution < 1.29 is 18.1 Å². The second-order valence-electron chi connectivity index (χ2n) is 7.89. The Kier molecular flexibility index (Phi) is 6.41. The number of nitro benzene ring substituents is 1. The van der Waals surface area contributed by atoms with E-state index in [1.165, 1.54) is 22.5 Å². The molecule has 0 radical (unpaired) electrons. The lowest BCUT2D eigenvalue weighted by atomic mass is 10.1. The Hall–Kier alpha value is -3.34. The van der Waals surface area contributed by atoms with E-state index in [0.717, 1.165) is 10.8 Å². The molecule has 1 fully saturated rings. The van der Waals surface area contributed by atoms with Gasteiger partial charge in [0.2, 0.25) is 15.9 Å². The maximum absolute atomic E-state index is 13.1. The Labute approximate surface area is 191 Å². The monoisotopic (exact) mass is 468 g/mol. The summed E-state index contributed by atoms with van der Waals surface area (Å²) in [4.78, 5) is 25.5. The van der Waals surface area contributed by atoms with E-state index in [-0.39, 0.29) is 35.3 Å². The molecule has 10 heteroatoms. The van der Waals surface area contributed by atoms with Gasteiger partial charge in [-0.2, -0.15) is 4.31 Å². The molecular formula is C23H24N4O5S. The van der Waals surface area contributed by atoms with Gasteiger partial charge in [0.25, 0.3) is 5.69 Å². The molecule has 1 atom stereocenters. The summed E-state index contributed by atoms with van der Waals surface area (Å²) < 4.78 is 27.7. The lowest BCUT2D eigenvalue weighted by Crippen LogP contribution is -2.53. The van der Waals surface area contributed by atoms with Crippen LogP contribution in [0.3, 0.4) is 0 Å². The minimum Gasteiger partial charge on any atom is -0.319 e. The second kappa shape index (κ2) is 9.26. The zero-order valence-corrected chi connectivity index (χ0v) is 18.9. The van der Waals surface area contributed by atoms with Crippen LogP contribution in [-0.4, -0.2) is 60.7 Å². The largest absolute Gasteiger partial charge is 0.319 e. The molecule has 1 unspecified atom stereocenters. The van der Waals surface area contributed by atoms with Gasteiger partial charge in [-0.1, -0.05) is 42.5 Å². The molecule has 1 aliphatic rings. The van der Waals surface area contributed by atoms with Crippen molar-refractivity contribution >= 4 is 38.1 Å². The minimum absolute atomic E-state index is 0.136. The number of piperazine rings is 1. The van der Waals surface area contributed by atoms with Crippen LogP contribution in [0.1, 0.15) is 6.92 Å². The number of para-hydroxylation sites is 2. The highest BCUT2D eigenvalue weighted by Crippen LogP contribution is 2.25. The van der Waals surface area contributed by atoms with Crippen molar-refractivity contribution in [3.63, 3.8) is 0 Å². The van der Waals surface area contributed by atoms with Crippen LogP contribution in [-0.2, 0) is 14.8 Å². The first-order chi connectivity index (χ1) is 15.8. The number of amides is 1. The van der Waals surface area contributed by atoms with Crippen molar-refractivity contribution in [2.24, 2.45) is 0 Å². The van der Waals surface area contributed by atoms with Crippen molar-refractivity contribution in [2.75, 3.05) is 31.5 Å². The highest BCUT2D eigenvalue weighted by molar-refractivity contribution is 7.89. The van der Waals surface area contributed by atoms with Crippen molar-refractivity contribution in [3.05, 3.63) is 76.8 Å². The van der Waals surface area contributed by atoms with Crippen molar-refractivity contribution in [1.82, 2.24) is 9.21 Å². The van der Waals surface area contributed by atoms with E-state index in [9.17, 15) is 23.3 Å². The van der Waals surface area contributed by atoms with Crippen LogP contribution in [0.4, 0.5) is 11.4 Å². The molecule has 9 nitrogen and oxygen atoms in total. The van der Waals surface area contributed by atoms with E-state index in [0.29, 0.717) is 13.1 Å². The number of benzene rings is 3. The van der Waals surface area contributed by atoms with E-state index in [4.69, 9.17) is 0 Å². The predicted octanol–water partition coefficient (Wildman–Crippen LogP) is 3.08. The molecule has 1 amide bonds. The molecule has 0 aromatic heterocycles. The summed E-state index contributed by atoms with van der Waals surface area (Å²) in [5.74, 6) is -0.380. The summed E-state index contributed by atoms with van der Waals surface area (Å²) in [6.07, 6.45) is 0. The zero-order valence-electron chi connectivity index (χ0n) is 18.0. The van der Waals surface area contributed by atoms with E-state index >= 15 is 0 Å². The zero-order chi connectivity index (χ0) is 23.6. The molecule has 1 aliphatic heterocycles. The molecule has 3 aromatic rings. The van der Waals surface area contributed by atoms with Crippen molar-refractivity contribution in [1.29, 1.82) is 0 Å². The number of nitrogens with one attached hydrogen (secondary N) is 1. The Morgan fingerprint density at radius 1 is 0.970 bits per heavy atom. The lowest BCUT2D eigenvalue weighted by molar-refractivity contribution is -0.383. The first-order valence-electron chi connectivity index (χ1n) is 10.5. The fourth-order valence-corrected chi connectivity index (χ4v) is 5.41. The molecule has 3 aromatic carbocycles. The van der Waals surface area contributed by atoms with Gasteiger partial charge in [-0.3, -0.25) is 19.8 Å². The number of nitro groups is 1. The fourth-order valence-electron chi connectivity index (χ4n) is 3.95. The summed E-state index contributed by atoms with van der Waals surface area (Å²) in [5.41, 5.74) is -0.0405. The van der Waals surface area contributed by atoms with E-state index in [1.807, 2.05) is 29.2 Å². The predicted molar refractivity (Wildman–Crippen MR) is 125 cm³/mol. The lowest BCUT2D eigenvalue weighted by Gasteiger charge is -2.36. The van der Waals surface area contributed by atoms with Crippen LogP contribution in [0.25, 0.3) is 10.8 Å². The maximum atomic E-state index is 13.1. The van der Waals surface area contributed by atoms with Crippen LogP contribution in [0, 0.1) is 10.1 Å². The first kappa shape index (κ1) is 22.8. The van der Waals surface area contributed by atoms with E-state index in [1.54, 1.807) is 31.2 Å². The minimum atomic E-state index is -3.66. The molecule has 0 aliphatic carbocycles. The molecule has 1 heterocycles. The van der Waals surface area contributed by atoms with Gasteiger partial charge in [-0.25, -0.2) is 8.42 Å². The molecular weight excluding hydrogens is 444 g/mol. The fraction of sp³-hybridized carbons (Fsp3) is 0.261. The van der Waals surface area contributed by atoms with Crippen molar-refractivity contribution in [2.45, 2.75) is 17.9 Å². The number of fused-ring (bicyclic) bond motifs is 1. The molecule has 172 valence electrons. The van der Waals surface area contributed by atoms with Gasteiger partial charge >= 0.3 is 0 Å². The molecule has 4 rings (SSSR count). The summed E-state index contributed by atoms with van der Waals surface area (Å²) in [7, 11) is -3.66. The van der Waals surface area contributed by atoms with Gasteiger partial charge in [0, 0.05) is 32.2 Å². The van der Waals surface area contributed by atoms with Crippen molar-refractivity contribution in [3.8, 4) is 0 Å². The number of anilines is 1. The Morgan fingerprint density at radius 3 is 2.30 bits per heavy atom. The normalized spacial score (nSPS) is 16.4. The smallest absolute Gasteiger partial charge is 0.292 e. The SMILES string of the molecule is CC(C(=O)Nc1ccccc1[N+](=O)[O-])N1CCN(S(=O)(=O)c2ccc3ccccc3c2)CC1. The van der Waals surface area contributed by atoms with Crippen LogP contribution in [0.2, 0.25) is 0 Å². The number of hydrogen-bond acceptors (Lipinski definition) is 6. The summed E-state index contributed by atoms with van der Waals surface area (Å²) in [6.45, 7) is 2.95. The number of rotatable bonds is 6. The number of hydrogen-bond donors (Lipinski definition) is 1. The highest BCUT2D eigenvalue weighted by Gasteiger charge is 2.32. The van der Waals surface area contributed by atoms with Gasteiger partial charge in [-0.05, 0) is 35.9 Å². The number of carbonyl (C=O) groups is 1. The number of nitrogens with zero attached hydrogens (tertiary/aromatic N) is 3. The number of carbonyl (C=O) groups excluding carboxylic acids is 1. The Balaban J connectivity index is 1.41. The third-order valence-electron chi connectivity index (χ3n) is 5.92. The molecule has 0 spiro atoms. The van der Waals surface area contributed by atoms with E-state index in [2.05, 4.69) is 5.32 Å². The summed E-state index contributed by atoms with van der Waals surface area (Å²) in [5, 5.41) is 15.6. The van der Waals surface area contributed by atoms with Gasteiger partial charge in [0.1, 0.15) is 5.69 Å². The molecule has 33 heavy (non-hydrogen) atoms. The van der Waals surface area contributed by atoms with Crippen LogP contribution in [0.15, 0.2) is 71.6 Å². The van der Waals surface area contributed by atoms with Gasteiger partial charge < -0.3 is 5.32 Å². The molecule has 1 saturated heterocycles. The Morgan fingerprint density at radius 2 is 1.61 bits per heavy atom. The summed E-state index contributed by atoms with van der Waals surface area (Å²) in [6, 6.07) is 18.1. The maximum Gasteiger partial charge on any atom is 0.292 e. The van der Waals surface area contributed by atoms with Crippen LogP contribution < -0.4 is 5.32 Å². The van der Waals surface area contributed by atoms with Gasteiger partial charge in [0.05, 0.1) is 15.9 Å². The molecule has 0 saturated carbocycles. The second-order valence-corrected chi connectivity index (χ2v) is 9.83. The van der Waals surface area contributed by atoms with Crippen LogP contribution in [0.5, 0.6) is 0 Å². The first-order valence-corrected chi connectivity index (χ1v) is 12.0. The van der Waals surface area contributed by atoms with E-state index < -0.39 is 21.0 Å². The molecule has 1 N–H and O–H groups in total. The third kappa shape index (κ3) is 4.72. The number of sulfonamides is 1. The summed E-state index contributed by atoms with van der Waals surface area (Å²) >= 11 is 0. The molecule has 0 bridgehead atoms. The highest BCUT2D eigenvalue weighted by atomic mass is 32.2. The Bertz CT molecular complexity index is 1300. The van der Waals surface area contributed by atoms with Crippen LogP contribution >= 0.6 is 0 Å². The average molecular weight is 469 g/mol. The van der Waals surface area contributed by atoms with Gasteiger partial charge in [0.15, 0.2) is 0 Å². The van der Waals surface area contributed by atoms with Gasteiger partial charge in [-0.15, -0.1) is 0 Å². The topological polar surface area (TPSA) is 113 Å². The standard InChI is InChI=1S/C23H24N4O5S/c1-17(23(28)24-21-8-4-5-9-22(21)27(29)30)25-12-14-26(15-13-25)33(31,32)20-11-10-18-6-2-3-7-19(18)16-20/h2-11,16-17H,12-15H2,1H3,(H,24,28). The quantitative estimate of drug-likeness (QED) is 0.439. The average Bonchev–Trinajstić information content (AvgIpc) is 2.83. The third-order valence-corrected chi connectivity index (χ3v) is 7.81.